The zero-order valence-electron chi connectivity index (χ0n) is 17.5. The SMILES string of the molecule is COC(=O)[C@H]1CCCN(S(=O)(=O)c2ccc(NC(=O)c3c(C)cc(=O)oc3C)cc2)C1. The first-order valence-corrected chi connectivity index (χ1v) is 11.2. The Morgan fingerprint density at radius 1 is 1.19 bits per heavy atom. The van der Waals surface area contributed by atoms with Gasteiger partial charge in [-0.25, -0.2) is 13.2 Å². The number of nitrogens with zero attached hydrogens (tertiary/aromatic N) is 1. The number of methoxy groups -OCH3 is 1. The molecule has 1 atom stereocenters. The van der Waals surface area contributed by atoms with Crippen molar-refractivity contribution in [1.29, 1.82) is 0 Å². The Morgan fingerprint density at radius 3 is 2.48 bits per heavy atom. The zero-order chi connectivity index (χ0) is 22.8. The summed E-state index contributed by atoms with van der Waals surface area (Å²) in [6.07, 6.45) is 1.15. The minimum absolute atomic E-state index is 0.0640. The number of hydrogen-bond acceptors (Lipinski definition) is 7. The van der Waals surface area contributed by atoms with E-state index in [1.807, 2.05) is 0 Å². The van der Waals surface area contributed by atoms with Gasteiger partial charge in [-0.3, -0.25) is 9.59 Å². The fraction of sp³-hybridized carbons (Fsp3) is 0.381. The lowest BCUT2D eigenvalue weighted by atomic mass is 10.0. The van der Waals surface area contributed by atoms with E-state index in [1.165, 1.54) is 48.7 Å². The summed E-state index contributed by atoms with van der Waals surface area (Å²) in [5.74, 6) is -1.16. The Kier molecular flexibility index (Phi) is 6.61. The molecule has 1 aromatic heterocycles. The molecule has 1 amide bonds. The normalized spacial score (nSPS) is 17.2. The summed E-state index contributed by atoms with van der Waals surface area (Å²) in [6.45, 7) is 3.56. The standard InChI is InChI=1S/C21H24N2O7S/c1-13-11-18(24)30-14(2)19(13)20(25)22-16-6-8-17(9-7-16)31(27,28)23-10-4-5-15(12-23)21(26)29-3/h6-9,11,15H,4-5,10,12H2,1-3H3,(H,22,25)/t15-/m0/s1. The Hall–Kier alpha value is -2.98. The van der Waals surface area contributed by atoms with Crippen LogP contribution in [-0.4, -0.2) is 44.8 Å². The van der Waals surface area contributed by atoms with E-state index in [1.54, 1.807) is 6.92 Å². The fourth-order valence-corrected chi connectivity index (χ4v) is 5.19. The van der Waals surface area contributed by atoms with Crippen molar-refractivity contribution in [2.75, 3.05) is 25.5 Å². The van der Waals surface area contributed by atoms with E-state index in [-0.39, 0.29) is 22.8 Å². The summed E-state index contributed by atoms with van der Waals surface area (Å²) in [5.41, 5.74) is 0.586. The van der Waals surface area contributed by atoms with Crippen LogP contribution in [0.5, 0.6) is 0 Å². The molecule has 0 unspecified atom stereocenters. The molecular weight excluding hydrogens is 424 g/mol. The Morgan fingerprint density at radius 2 is 1.87 bits per heavy atom. The number of anilines is 1. The van der Waals surface area contributed by atoms with Gasteiger partial charge in [0.25, 0.3) is 5.91 Å². The second-order valence-corrected chi connectivity index (χ2v) is 9.32. The number of benzene rings is 1. The largest absolute Gasteiger partial charge is 0.469 e. The van der Waals surface area contributed by atoms with Gasteiger partial charge >= 0.3 is 11.6 Å². The molecule has 10 heteroatoms. The van der Waals surface area contributed by atoms with Crippen molar-refractivity contribution < 1.29 is 27.2 Å². The third-order valence-corrected chi connectivity index (χ3v) is 7.11. The van der Waals surface area contributed by atoms with Gasteiger partial charge in [0, 0.05) is 24.8 Å². The molecule has 2 heterocycles. The van der Waals surface area contributed by atoms with Crippen molar-refractivity contribution in [2.24, 2.45) is 5.92 Å². The molecule has 166 valence electrons. The number of esters is 1. The summed E-state index contributed by atoms with van der Waals surface area (Å²) >= 11 is 0. The molecule has 1 aliphatic rings. The number of carbonyl (C=O) groups excluding carboxylic acids is 2. The molecule has 9 nitrogen and oxygen atoms in total. The van der Waals surface area contributed by atoms with E-state index in [0.29, 0.717) is 30.6 Å². The van der Waals surface area contributed by atoms with Gasteiger partial charge in [0.1, 0.15) is 5.76 Å². The van der Waals surface area contributed by atoms with Crippen LogP contribution in [0.2, 0.25) is 0 Å². The molecule has 1 saturated heterocycles. The second kappa shape index (κ2) is 9.03. The van der Waals surface area contributed by atoms with Crippen LogP contribution in [0, 0.1) is 19.8 Å². The third kappa shape index (κ3) is 4.86. The molecule has 31 heavy (non-hydrogen) atoms. The second-order valence-electron chi connectivity index (χ2n) is 7.38. The van der Waals surface area contributed by atoms with E-state index in [2.05, 4.69) is 5.32 Å². The lowest BCUT2D eigenvalue weighted by Crippen LogP contribution is -2.42. The molecule has 0 aliphatic carbocycles. The number of piperidine rings is 1. The van der Waals surface area contributed by atoms with Crippen molar-refractivity contribution in [1.82, 2.24) is 4.31 Å². The van der Waals surface area contributed by atoms with Crippen LogP contribution in [0.4, 0.5) is 5.69 Å². The summed E-state index contributed by atoms with van der Waals surface area (Å²) < 4.78 is 36.9. The first-order valence-electron chi connectivity index (χ1n) is 9.74. The van der Waals surface area contributed by atoms with Crippen molar-refractivity contribution in [3.05, 3.63) is 57.6 Å². The Labute approximate surface area is 180 Å². The lowest BCUT2D eigenvalue weighted by molar-refractivity contribution is -0.146. The first-order chi connectivity index (χ1) is 14.6. The van der Waals surface area contributed by atoms with Crippen molar-refractivity contribution in [2.45, 2.75) is 31.6 Å². The highest BCUT2D eigenvalue weighted by atomic mass is 32.2. The molecule has 0 spiro atoms. The topological polar surface area (TPSA) is 123 Å². The highest BCUT2D eigenvalue weighted by Crippen LogP contribution is 2.25. The third-order valence-electron chi connectivity index (χ3n) is 5.23. The zero-order valence-corrected chi connectivity index (χ0v) is 18.3. The van der Waals surface area contributed by atoms with Crippen LogP contribution >= 0.6 is 0 Å². The summed E-state index contributed by atoms with van der Waals surface area (Å²) in [7, 11) is -2.50. The van der Waals surface area contributed by atoms with Crippen molar-refractivity contribution in [3.8, 4) is 0 Å². The molecule has 0 radical (unpaired) electrons. The highest BCUT2D eigenvalue weighted by molar-refractivity contribution is 7.89. The monoisotopic (exact) mass is 448 g/mol. The van der Waals surface area contributed by atoms with Gasteiger partial charge in [-0.2, -0.15) is 4.31 Å². The molecule has 0 saturated carbocycles. The maximum atomic E-state index is 13.0. The lowest BCUT2D eigenvalue weighted by Gasteiger charge is -2.30. The molecule has 2 aromatic rings. The Bertz CT molecular complexity index is 1130. The van der Waals surface area contributed by atoms with Gasteiger partial charge in [-0.1, -0.05) is 0 Å². The van der Waals surface area contributed by atoms with Crippen LogP contribution in [0.25, 0.3) is 0 Å². The molecule has 1 fully saturated rings. The van der Waals surface area contributed by atoms with Gasteiger partial charge in [-0.05, 0) is 56.5 Å². The van der Waals surface area contributed by atoms with E-state index < -0.39 is 33.4 Å². The maximum Gasteiger partial charge on any atom is 0.336 e. The van der Waals surface area contributed by atoms with Crippen LogP contribution < -0.4 is 10.9 Å². The number of sulfonamides is 1. The minimum atomic E-state index is -3.79. The van der Waals surface area contributed by atoms with Gasteiger partial charge in [0.15, 0.2) is 0 Å². The van der Waals surface area contributed by atoms with Crippen LogP contribution in [0.1, 0.15) is 34.5 Å². The van der Waals surface area contributed by atoms with Crippen molar-refractivity contribution >= 4 is 27.6 Å². The summed E-state index contributed by atoms with van der Waals surface area (Å²) in [5, 5.41) is 2.68. The van der Waals surface area contributed by atoms with Crippen LogP contribution in [0.3, 0.4) is 0 Å². The number of hydrogen-bond donors (Lipinski definition) is 1. The van der Waals surface area contributed by atoms with Gasteiger partial charge in [-0.15, -0.1) is 0 Å². The number of aryl methyl sites for hydroxylation is 2. The van der Waals surface area contributed by atoms with E-state index >= 15 is 0 Å². The van der Waals surface area contributed by atoms with Gasteiger partial charge in [0.05, 0.1) is 23.5 Å². The van der Waals surface area contributed by atoms with Crippen molar-refractivity contribution in [3.63, 3.8) is 0 Å². The molecular formula is C21H24N2O7S. The Balaban J connectivity index is 1.76. The molecule has 1 N–H and O–H groups in total. The van der Waals surface area contributed by atoms with Gasteiger partial charge in [0.2, 0.25) is 10.0 Å². The molecule has 3 rings (SSSR count). The number of ether oxygens (including phenoxy) is 1. The van der Waals surface area contributed by atoms with E-state index in [9.17, 15) is 22.8 Å². The highest BCUT2D eigenvalue weighted by Gasteiger charge is 2.33. The average molecular weight is 448 g/mol. The number of rotatable bonds is 5. The molecule has 0 bridgehead atoms. The molecule has 1 aromatic carbocycles. The maximum absolute atomic E-state index is 13.0. The van der Waals surface area contributed by atoms with Gasteiger partial charge < -0.3 is 14.5 Å². The van der Waals surface area contributed by atoms with Crippen LogP contribution in [0.15, 0.2) is 44.4 Å². The van der Waals surface area contributed by atoms with E-state index in [0.717, 1.165) is 0 Å². The number of amides is 1. The summed E-state index contributed by atoms with van der Waals surface area (Å²) in [6, 6.07) is 7.00. The fourth-order valence-electron chi connectivity index (χ4n) is 3.67. The van der Waals surface area contributed by atoms with E-state index in [4.69, 9.17) is 9.15 Å². The number of nitrogens with one attached hydrogen (secondary N) is 1. The smallest absolute Gasteiger partial charge is 0.336 e. The predicted molar refractivity (Wildman–Crippen MR) is 112 cm³/mol. The quantitative estimate of drug-likeness (QED) is 0.695. The number of carbonyl (C=O) groups is 2. The first kappa shape index (κ1) is 22.7. The minimum Gasteiger partial charge on any atom is -0.469 e. The average Bonchev–Trinajstić information content (AvgIpc) is 2.73. The molecule has 1 aliphatic heterocycles. The van der Waals surface area contributed by atoms with Crippen LogP contribution in [-0.2, 0) is 19.6 Å². The predicted octanol–water partition coefficient (Wildman–Crippen LogP) is 2.08. The summed E-state index contributed by atoms with van der Waals surface area (Å²) in [4.78, 5) is 35.8.